The van der Waals surface area contributed by atoms with Crippen molar-refractivity contribution in [1.29, 1.82) is 0 Å². The maximum atomic E-state index is 12.8. The lowest BCUT2D eigenvalue weighted by Gasteiger charge is -2.57. The average Bonchev–Trinajstić information content (AvgIpc) is 2.67. The smallest absolute Gasteiger partial charge is 0.367 e. The van der Waals surface area contributed by atoms with Crippen molar-refractivity contribution in [2.75, 3.05) is 0 Å². The standard InChI is InChI=1S/C24H25N2O2/c1-15-7-20(24-12-16-9-17(13-24)11-18(10-16)14-24)22-21(8-15)25-26(23(27)28-22)19-5-3-2-4-6-19/h2-8,16-18H,9-14H2,1H3/q+1. The molecule has 1 aromatic heterocycles. The van der Waals surface area contributed by atoms with Crippen LogP contribution in [0.4, 0.5) is 0 Å². The zero-order valence-electron chi connectivity index (χ0n) is 16.2. The highest BCUT2D eigenvalue weighted by Crippen LogP contribution is 2.61. The fourth-order valence-electron chi connectivity index (χ4n) is 6.78. The first kappa shape index (κ1) is 16.5. The first-order valence-corrected chi connectivity index (χ1v) is 10.5. The van der Waals surface area contributed by atoms with Crippen LogP contribution in [-0.4, -0.2) is 5.10 Å². The monoisotopic (exact) mass is 373 g/mol. The van der Waals surface area contributed by atoms with Crippen LogP contribution in [0, 0.1) is 24.7 Å². The second-order valence-corrected chi connectivity index (χ2v) is 9.47. The Balaban J connectivity index is 1.56. The molecule has 4 nitrogen and oxygen atoms in total. The van der Waals surface area contributed by atoms with E-state index in [9.17, 15) is 4.79 Å². The summed E-state index contributed by atoms with van der Waals surface area (Å²) >= 11 is 0. The van der Waals surface area contributed by atoms with E-state index < -0.39 is 5.76 Å². The zero-order valence-corrected chi connectivity index (χ0v) is 16.2. The number of benzene rings is 2. The van der Waals surface area contributed by atoms with E-state index in [0.29, 0.717) is 5.58 Å². The van der Waals surface area contributed by atoms with Gasteiger partial charge in [-0.15, -0.1) is 0 Å². The molecule has 0 N–H and O–H groups in total. The van der Waals surface area contributed by atoms with Gasteiger partial charge in [0.1, 0.15) is 0 Å². The van der Waals surface area contributed by atoms with E-state index in [2.05, 4.69) is 13.0 Å². The molecular weight excluding hydrogens is 348 g/mol. The second kappa shape index (κ2) is 5.76. The number of rotatable bonds is 2. The summed E-state index contributed by atoms with van der Waals surface area (Å²) in [6.07, 6.45) is 7.94. The van der Waals surface area contributed by atoms with Gasteiger partial charge in [-0.25, -0.2) is 0 Å². The first-order chi connectivity index (χ1) is 13.6. The van der Waals surface area contributed by atoms with Crippen LogP contribution in [0.15, 0.2) is 51.7 Å². The Bertz CT molecular complexity index is 1100. The van der Waals surface area contributed by atoms with Crippen molar-refractivity contribution in [3.05, 3.63) is 64.1 Å². The summed E-state index contributed by atoms with van der Waals surface area (Å²) < 4.78 is 7.35. The van der Waals surface area contributed by atoms with Gasteiger partial charge >= 0.3 is 5.76 Å². The summed E-state index contributed by atoms with van der Waals surface area (Å²) in [6, 6.07) is 13.8. The van der Waals surface area contributed by atoms with Crippen LogP contribution in [-0.2, 0) is 5.41 Å². The Morgan fingerprint density at radius 2 is 1.64 bits per heavy atom. The van der Waals surface area contributed by atoms with Gasteiger partial charge in [0.05, 0.1) is 0 Å². The predicted molar refractivity (Wildman–Crippen MR) is 106 cm³/mol. The summed E-state index contributed by atoms with van der Waals surface area (Å²) in [5.74, 6) is 2.13. The molecule has 28 heavy (non-hydrogen) atoms. The highest BCUT2D eigenvalue weighted by Gasteiger charge is 2.52. The van der Waals surface area contributed by atoms with E-state index in [0.717, 1.165) is 29.0 Å². The Hall–Kier alpha value is -2.49. The van der Waals surface area contributed by atoms with Gasteiger partial charge in [-0.3, -0.25) is 0 Å². The van der Waals surface area contributed by atoms with E-state index in [-0.39, 0.29) is 5.41 Å². The van der Waals surface area contributed by atoms with Crippen LogP contribution in [0.5, 0.6) is 0 Å². The fourth-order valence-corrected chi connectivity index (χ4v) is 6.78. The van der Waals surface area contributed by atoms with Gasteiger partial charge < -0.3 is 4.42 Å². The van der Waals surface area contributed by atoms with Crippen LogP contribution in [0.2, 0.25) is 0 Å². The molecular formula is C24H25N2O2+. The highest BCUT2D eigenvalue weighted by atomic mass is 16.4. The van der Waals surface area contributed by atoms with Gasteiger partial charge in [0.2, 0.25) is 5.69 Å². The SMILES string of the molecule is Cc1cc(C23CC4CC(CC(C4)C2)C3)c2oc(=O)[n+](-c3ccccc3)nc2c1. The topological polar surface area (TPSA) is 47.0 Å². The maximum Gasteiger partial charge on any atom is 0.634 e. The summed E-state index contributed by atoms with van der Waals surface area (Å²) in [7, 11) is 0. The number of aromatic nitrogens is 2. The molecule has 2 aromatic carbocycles. The molecule has 4 aliphatic rings. The van der Waals surface area contributed by atoms with Gasteiger partial charge in [0.25, 0.3) is 0 Å². The number of hydrogen-bond donors (Lipinski definition) is 0. The van der Waals surface area contributed by atoms with Crippen molar-refractivity contribution in [2.45, 2.75) is 50.9 Å². The minimum atomic E-state index is -0.409. The molecule has 0 spiro atoms. The van der Waals surface area contributed by atoms with Crippen molar-refractivity contribution in [3.8, 4) is 5.69 Å². The van der Waals surface area contributed by atoms with Crippen molar-refractivity contribution >= 4 is 11.1 Å². The van der Waals surface area contributed by atoms with Crippen molar-refractivity contribution in [2.24, 2.45) is 17.8 Å². The van der Waals surface area contributed by atoms with Gasteiger partial charge in [0, 0.05) is 27.5 Å². The van der Waals surface area contributed by atoms with Crippen molar-refractivity contribution in [1.82, 2.24) is 5.10 Å². The highest BCUT2D eigenvalue weighted by molar-refractivity contribution is 5.77. The molecule has 142 valence electrons. The molecule has 0 atom stereocenters. The number of aryl methyl sites for hydroxylation is 1. The van der Waals surface area contributed by atoms with Gasteiger partial charge in [-0.05, 0) is 80.2 Å². The Labute approximate surface area is 164 Å². The largest absolute Gasteiger partial charge is 0.634 e. The van der Waals surface area contributed by atoms with E-state index in [1.807, 2.05) is 36.4 Å². The molecule has 4 heteroatoms. The number of fused-ring (bicyclic) bond motifs is 1. The van der Waals surface area contributed by atoms with Gasteiger partial charge in [0.15, 0.2) is 11.1 Å². The molecule has 0 unspecified atom stereocenters. The molecule has 3 aromatic rings. The van der Waals surface area contributed by atoms with E-state index in [4.69, 9.17) is 9.52 Å². The first-order valence-electron chi connectivity index (χ1n) is 10.5. The molecule has 0 saturated heterocycles. The molecule has 4 saturated carbocycles. The van der Waals surface area contributed by atoms with E-state index in [1.165, 1.54) is 54.3 Å². The van der Waals surface area contributed by atoms with E-state index in [1.54, 1.807) is 0 Å². The fraction of sp³-hybridized carbons (Fsp3) is 0.458. The summed E-state index contributed by atoms with van der Waals surface area (Å²) in [5, 5.41) is 4.70. The second-order valence-electron chi connectivity index (χ2n) is 9.47. The molecule has 4 fully saturated rings. The van der Waals surface area contributed by atoms with Gasteiger partial charge in [-0.1, -0.05) is 24.3 Å². The van der Waals surface area contributed by atoms with Crippen LogP contribution in [0.1, 0.15) is 49.7 Å². The van der Waals surface area contributed by atoms with Crippen molar-refractivity contribution < 1.29 is 9.10 Å². The molecule has 0 radical (unpaired) electrons. The summed E-state index contributed by atoms with van der Waals surface area (Å²) in [6.45, 7) is 2.13. The number of para-hydroxylation sites is 1. The van der Waals surface area contributed by atoms with Crippen LogP contribution in [0.3, 0.4) is 0 Å². The quantitative estimate of drug-likeness (QED) is 0.631. The number of hydrogen-bond acceptors (Lipinski definition) is 3. The third-order valence-electron chi connectivity index (χ3n) is 7.39. The lowest BCUT2D eigenvalue weighted by atomic mass is 9.48. The molecule has 4 bridgehead atoms. The molecule has 4 aliphatic carbocycles. The van der Waals surface area contributed by atoms with Gasteiger partial charge in [-0.2, -0.15) is 4.79 Å². The number of nitrogens with zero attached hydrogens (tertiary/aromatic N) is 2. The molecule has 0 amide bonds. The Kier molecular flexibility index (Phi) is 3.38. The summed E-state index contributed by atoms with van der Waals surface area (Å²) in [5.41, 5.74) is 4.84. The normalized spacial score (nSPS) is 30.8. The van der Waals surface area contributed by atoms with E-state index >= 15 is 0 Å². The summed E-state index contributed by atoms with van der Waals surface area (Å²) in [4.78, 5) is 12.8. The lowest BCUT2D eigenvalue weighted by Crippen LogP contribution is -2.51. The molecule has 0 aliphatic heterocycles. The Morgan fingerprint density at radius 3 is 2.29 bits per heavy atom. The van der Waals surface area contributed by atoms with Crippen LogP contribution >= 0.6 is 0 Å². The minimum Gasteiger partial charge on any atom is -0.367 e. The van der Waals surface area contributed by atoms with Crippen LogP contribution in [0.25, 0.3) is 16.8 Å². The maximum absolute atomic E-state index is 12.8. The van der Waals surface area contributed by atoms with Crippen LogP contribution < -0.4 is 10.4 Å². The minimum absolute atomic E-state index is 0.176. The molecule has 1 heterocycles. The zero-order chi connectivity index (χ0) is 18.9. The van der Waals surface area contributed by atoms with Crippen molar-refractivity contribution in [3.63, 3.8) is 0 Å². The predicted octanol–water partition coefficient (Wildman–Crippen LogP) is 4.24. The lowest BCUT2D eigenvalue weighted by molar-refractivity contribution is -0.683. The Morgan fingerprint density at radius 1 is 1.00 bits per heavy atom. The molecule has 7 rings (SSSR count). The third-order valence-corrected chi connectivity index (χ3v) is 7.39. The third kappa shape index (κ3) is 2.40. The average molecular weight is 373 g/mol.